The van der Waals surface area contributed by atoms with Gasteiger partial charge in [-0.15, -0.1) is 5.10 Å². The van der Waals surface area contributed by atoms with Crippen molar-refractivity contribution in [3.05, 3.63) is 46.6 Å². The van der Waals surface area contributed by atoms with Crippen molar-refractivity contribution in [3.63, 3.8) is 0 Å². The molecule has 2 N–H and O–H groups in total. The molecule has 0 bridgehead atoms. The van der Waals surface area contributed by atoms with Crippen molar-refractivity contribution in [1.29, 1.82) is 0 Å². The Kier molecular flexibility index (Phi) is 6.40. The summed E-state index contributed by atoms with van der Waals surface area (Å²) in [6.07, 6.45) is 3.57. The molecule has 1 saturated heterocycles. The summed E-state index contributed by atoms with van der Waals surface area (Å²) in [7, 11) is 0. The van der Waals surface area contributed by atoms with Crippen LogP contribution in [0.5, 0.6) is 0 Å². The molecule has 0 saturated carbocycles. The number of aromatic nitrogens is 4. The lowest BCUT2D eigenvalue weighted by atomic mass is 10.1. The van der Waals surface area contributed by atoms with Crippen molar-refractivity contribution in [2.45, 2.75) is 39.3 Å². The van der Waals surface area contributed by atoms with Crippen LogP contribution in [0.3, 0.4) is 0 Å². The maximum absolute atomic E-state index is 13.7. The first-order valence-electron chi connectivity index (χ1n) is 12.1. The van der Waals surface area contributed by atoms with Crippen LogP contribution in [-0.4, -0.2) is 63.8 Å². The van der Waals surface area contributed by atoms with Gasteiger partial charge in [0.1, 0.15) is 11.4 Å². The van der Waals surface area contributed by atoms with E-state index in [0.29, 0.717) is 41.7 Å². The Bertz CT molecular complexity index is 1350. The van der Waals surface area contributed by atoms with E-state index in [2.05, 4.69) is 30.6 Å². The molecule has 0 spiro atoms. The second-order valence-corrected chi connectivity index (χ2v) is 8.80. The van der Waals surface area contributed by atoms with Crippen molar-refractivity contribution in [1.82, 2.24) is 25.1 Å². The molecule has 0 aliphatic carbocycles. The predicted molar refractivity (Wildman–Crippen MR) is 133 cm³/mol. The first-order valence-corrected chi connectivity index (χ1v) is 12.1. The lowest BCUT2D eigenvalue weighted by Gasteiger charge is -2.27. The molecule has 0 unspecified atom stereocenters. The standard InChI is InChI=1S/C24H28N8O4/c1-3-25-23-27-13-19-20(28-23)30-10-5-8-18(30)14-31(22(19)34)17-7-4-6-16(12-17)21-29-32(24(35)36-21)11-9-26-15(2)33/h4,6-7,12-13,18H,3,5,8-11,14H2,1-2H3,(H,26,33)(H,25,27,28)/t18-/m0/s1. The maximum Gasteiger partial charge on any atom is 0.437 e. The van der Waals surface area contributed by atoms with Crippen LogP contribution in [0.2, 0.25) is 0 Å². The number of carbonyl (C=O) groups excluding carboxylic acids is 2. The Hall–Kier alpha value is -4.22. The Balaban J connectivity index is 1.46. The van der Waals surface area contributed by atoms with E-state index in [9.17, 15) is 14.4 Å². The Morgan fingerprint density at radius 2 is 2.14 bits per heavy atom. The van der Waals surface area contributed by atoms with Crippen molar-refractivity contribution in [2.24, 2.45) is 0 Å². The fourth-order valence-electron chi connectivity index (χ4n) is 4.66. The SMILES string of the molecule is CCNc1ncc2c(n1)N1CCC[C@H]1CN(c1cccc(-c3nn(CCNC(C)=O)c(=O)o3)c1)C2=O. The van der Waals surface area contributed by atoms with E-state index in [4.69, 9.17) is 4.42 Å². The third-order valence-corrected chi connectivity index (χ3v) is 6.33. The number of anilines is 3. The normalized spacial score (nSPS) is 16.9. The molecule has 0 radical (unpaired) electrons. The highest BCUT2D eigenvalue weighted by Crippen LogP contribution is 2.34. The smallest absolute Gasteiger partial charge is 0.388 e. The molecule has 2 aliphatic heterocycles. The van der Waals surface area contributed by atoms with Crippen LogP contribution in [0.1, 0.15) is 37.0 Å². The molecule has 2 amide bonds. The third-order valence-electron chi connectivity index (χ3n) is 6.33. The molecule has 1 aromatic carbocycles. The molecule has 188 valence electrons. The molecule has 2 aliphatic rings. The highest BCUT2D eigenvalue weighted by Gasteiger charge is 2.37. The number of carbonyl (C=O) groups is 2. The number of rotatable bonds is 7. The van der Waals surface area contributed by atoms with Gasteiger partial charge in [-0.3, -0.25) is 9.59 Å². The topological polar surface area (TPSA) is 138 Å². The molecule has 2 aromatic heterocycles. The van der Waals surface area contributed by atoms with E-state index in [-0.39, 0.29) is 36.8 Å². The minimum Gasteiger partial charge on any atom is -0.388 e. The molecule has 36 heavy (non-hydrogen) atoms. The Morgan fingerprint density at radius 1 is 1.28 bits per heavy atom. The largest absolute Gasteiger partial charge is 0.437 e. The maximum atomic E-state index is 13.7. The van der Waals surface area contributed by atoms with Gasteiger partial charge in [0.05, 0.1) is 6.54 Å². The zero-order chi connectivity index (χ0) is 25.2. The number of nitrogens with zero attached hydrogens (tertiary/aromatic N) is 6. The van der Waals surface area contributed by atoms with Crippen LogP contribution >= 0.6 is 0 Å². The summed E-state index contributed by atoms with van der Waals surface area (Å²) in [5.74, 6) is 0.337. The first kappa shape index (κ1) is 23.5. The van der Waals surface area contributed by atoms with Gasteiger partial charge in [0.2, 0.25) is 17.7 Å². The minimum atomic E-state index is -0.615. The van der Waals surface area contributed by atoms with Crippen LogP contribution in [0.15, 0.2) is 39.7 Å². The van der Waals surface area contributed by atoms with E-state index < -0.39 is 5.76 Å². The molecule has 1 atom stereocenters. The van der Waals surface area contributed by atoms with E-state index in [1.54, 1.807) is 29.3 Å². The average molecular weight is 493 g/mol. The van der Waals surface area contributed by atoms with Crippen molar-refractivity contribution in [3.8, 4) is 11.5 Å². The van der Waals surface area contributed by atoms with Gasteiger partial charge in [-0.05, 0) is 38.0 Å². The number of hydrogen-bond donors (Lipinski definition) is 2. The van der Waals surface area contributed by atoms with Gasteiger partial charge in [0.15, 0.2) is 0 Å². The quantitative estimate of drug-likeness (QED) is 0.502. The fourth-order valence-corrected chi connectivity index (χ4v) is 4.66. The van der Waals surface area contributed by atoms with E-state index >= 15 is 0 Å². The van der Waals surface area contributed by atoms with E-state index in [0.717, 1.165) is 19.4 Å². The van der Waals surface area contributed by atoms with Crippen molar-refractivity contribution < 1.29 is 14.0 Å². The number of nitrogens with one attached hydrogen (secondary N) is 2. The highest BCUT2D eigenvalue weighted by atomic mass is 16.4. The van der Waals surface area contributed by atoms with Crippen LogP contribution < -0.4 is 26.2 Å². The molecular formula is C24H28N8O4. The number of benzene rings is 1. The van der Waals surface area contributed by atoms with Gasteiger partial charge >= 0.3 is 5.76 Å². The zero-order valence-electron chi connectivity index (χ0n) is 20.2. The zero-order valence-corrected chi connectivity index (χ0v) is 20.2. The summed E-state index contributed by atoms with van der Waals surface area (Å²) in [4.78, 5) is 50.0. The van der Waals surface area contributed by atoms with Gasteiger partial charge in [-0.25, -0.2) is 9.78 Å². The number of hydrogen-bond acceptors (Lipinski definition) is 9. The number of amides is 2. The lowest BCUT2D eigenvalue weighted by Crippen LogP contribution is -2.39. The summed E-state index contributed by atoms with van der Waals surface area (Å²) < 4.78 is 6.53. The molecular weight excluding hydrogens is 464 g/mol. The predicted octanol–water partition coefficient (Wildman–Crippen LogP) is 1.49. The molecule has 12 heteroatoms. The summed E-state index contributed by atoms with van der Waals surface area (Å²) in [5, 5.41) is 10.0. The van der Waals surface area contributed by atoms with Crippen molar-refractivity contribution >= 4 is 29.3 Å². The van der Waals surface area contributed by atoms with Gasteiger partial charge < -0.3 is 24.9 Å². The Morgan fingerprint density at radius 3 is 2.94 bits per heavy atom. The molecule has 3 aromatic rings. The monoisotopic (exact) mass is 492 g/mol. The third kappa shape index (κ3) is 4.53. The summed E-state index contributed by atoms with van der Waals surface area (Å²) in [5.41, 5.74) is 1.70. The fraction of sp³-hybridized carbons (Fsp3) is 0.417. The molecule has 4 heterocycles. The van der Waals surface area contributed by atoms with Gasteiger partial charge in [0.25, 0.3) is 5.91 Å². The molecule has 5 rings (SSSR count). The van der Waals surface area contributed by atoms with Crippen LogP contribution in [0, 0.1) is 0 Å². The lowest BCUT2D eigenvalue weighted by molar-refractivity contribution is -0.119. The van der Waals surface area contributed by atoms with Gasteiger partial charge in [0, 0.05) is 56.6 Å². The minimum absolute atomic E-state index is 0.133. The van der Waals surface area contributed by atoms with E-state index in [1.165, 1.54) is 11.6 Å². The van der Waals surface area contributed by atoms with Crippen LogP contribution in [-0.2, 0) is 11.3 Å². The molecule has 1 fully saturated rings. The second kappa shape index (κ2) is 9.80. The average Bonchev–Trinajstić information content (AvgIpc) is 3.46. The molecule has 12 nitrogen and oxygen atoms in total. The highest BCUT2D eigenvalue weighted by molar-refractivity contribution is 6.10. The van der Waals surface area contributed by atoms with Gasteiger partial charge in [-0.2, -0.15) is 9.67 Å². The van der Waals surface area contributed by atoms with Crippen molar-refractivity contribution in [2.75, 3.05) is 41.3 Å². The van der Waals surface area contributed by atoms with Gasteiger partial charge in [-0.1, -0.05) is 6.07 Å². The second-order valence-electron chi connectivity index (χ2n) is 8.80. The van der Waals surface area contributed by atoms with Crippen LogP contribution in [0.4, 0.5) is 17.5 Å². The summed E-state index contributed by atoms with van der Waals surface area (Å²) in [6, 6.07) is 7.35. The summed E-state index contributed by atoms with van der Waals surface area (Å²) in [6.45, 7) is 5.86. The first-order chi connectivity index (χ1) is 17.4. The Labute approximate surface area is 207 Å². The van der Waals surface area contributed by atoms with E-state index in [1.807, 2.05) is 13.0 Å². The van der Waals surface area contributed by atoms with Crippen LogP contribution in [0.25, 0.3) is 11.5 Å². The summed E-state index contributed by atoms with van der Waals surface area (Å²) >= 11 is 0. The number of fused-ring (bicyclic) bond motifs is 3.